The van der Waals surface area contributed by atoms with E-state index in [0.29, 0.717) is 11.5 Å². The van der Waals surface area contributed by atoms with Gasteiger partial charge in [0, 0.05) is 5.56 Å². The standard InChI is InChI=1S/C13H11FN2O3/c1-18-13(17)16-15-8-11-6-7-12(19-11)9-2-4-10(14)5-3-9/h2-8H,1H3,(H,16,17)/b15-8-. The molecule has 0 unspecified atom stereocenters. The normalized spacial score (nSPS) is 10.6. The second kappa shape index (κ2) is 5.81. The van der Waals surface area contributed by atoms with E-state index in [1.165, 1.54) is 25.5 Å². The lowest BCUT2D eigenvalue weighted by molar-refractivity contribution is 0.171. The molecule has 1 aromatic carbocycles. The monoisotopic (exact) mass is 262 g/mol. The third kappa shape index (κ3) is 3.41. The summed E-state index contributed by atoms with van der Waals surface area (Å²) in [5.74, 6) is 0.731. The van der Waals surface area contributed by atoms with Crippen molar-refractivity contribution in [3.05, 3.63) is 48.0 Å². The van der Waals surface area contributed by atoms with Crippen LogP contribution in [-0.2, 0) is 4.74 Å². The van der Waals surface area contributed by atoms with Gasteiger partial charge in [0.2, 0.25) is 0 Å². The number of furan rings is 1. The Labute approximate surface area is 108 Å². The lowest BCUT2D eigenvalue weighted by Crippen LogP contribution is -2.16. The molecule has 0 aliphatic heterocycles. The van der Waals surface area contributed by atoms with E-state index in [0.717, 1.165) is 5.56 Å². The van der Waals surface area contributed by atoms with Gasteiger partial charge < -0.3 is 9.15 Å². The van der Waals surface area contributed by atoms with Gasteiger partial charge >= 0.3 is 6.09 Å². The number of hydrogen-bond donors (Lipinski definition) is 1. The van der Waals surface area contributed by atoms with Crippen LogP contribution in [0.3, 0.4) is 0 Å². The molecular weight excluding hydrogens is 251 g/mol. The molecule has 6 heteroatoms. The van der Waals surface area contributed by atoms with Crippen LogP contribution in [0.5, 0.6) is 0 Å². The first-order chi connectivity index (χ1) is 9.19. The summed E-state index contributed by atoms with van der Waals surface area (Å²) in [6, 6.07) is 9.34. The number of methoxy groups -OCH3 is 1. The Morgan fingerprint density at radius 1 is 1.32 bits per heavy atom. The van der Waals surface area contributed by atoms with Gasteiger partial charge in [-0.15, -0.1) is 0 Å². The molecule has 0 aliphatic carbocycles. The first-order valence-electron chi connectivity index (χ1n) is 5.42. The molecule has 1 aromatic heterocycles. The van der Waals surface area contributed by atoms with Crippen LogP contribution in [0.15, 0.2) is 45.9 Å². The first kappa shape index (κ1) is 12.8. The molecule has 1 N–H and O–H groups in total. The largest absolute Gasteiger partial charge is 0.455 e. The Bertz CT molecular complexity index is 590. The summed E-state index contributed by atoms with van der Waals surface area (Å²) in [5.41, 5.74) is 2.89. The van der Waals surface area contributed by atoms with Crippen molar-refractivity contribution in [2.75, 3.05) is 7.11 Å². The summed E-state index contributed by atoms with van der Waals surface area (Å²) < 4.78 is 22.6. The maximum atomic E-state index is 12.8. The molecule has 1 amide bonds. The molecule has 0 radical (unpaired) electrons. The predicted molar refractivity (Wildman–Crippen MR) is 67.2 cm³/mol. The van der Waals surface area contributed by atoms with Gasteiger partial charge in [-0.3, -0.25) is 0 Å². The van der Waals surface area contributed by atoms with Gasteiger partial charge in [-0.2, -0.15) is 5.10 Å². The van der Waals surface area contributed by atoms with Gasteiger partial charge in [0.15, 0.2) is 0 Å². The van der Waals surface area contributed by atoms with E-state index in [4.69, 9.17) is 4.42 Å². The number of rotatable bonds is 3. The molecular formula is C13H11FN2O3. The smallest absolute Gasteiger partial charge is 0.427 e. The Kier molecular flexibility index (Phi) is 3.92. The van der Waals surface area contributed by atoms with Gasteiger partial charge in [-0.1, -0.05) is 0 Å². The van der Waals surface area contributed by atoms with Crippen molar-refractivity contribution in [2.45, 2.75) is 0 Å². The fourth-order valence-corrected chi connectivity index (χ4v) is 1.39. The molecule has 2 aromatic rings. The summed E-state index contributed by atoms with van der Waals surface area (Å²) in [6.45, 7) is 0. The van der Waals surface area contributed by atoms with Crippen molar-refractivity contribution >= 4 is 12.3 Å². The van der Waals surface area contributed by atoms with Crippen LogP contribution in [0.2, 0.25) is 0 Å². The number of nitrogens with zero attached hydrogens (tertiary/aromatic N) is 1. The Morgan fingerprint density at radius 3 is 2.74 bits per heavy atom. The number of ether oxygens (including phenoxy) is 1. The van der Waals surface area contributed by atoms with E-state index >= 15 is 0 Å². The number of benzene rings is 1. The molecule has 0 fully saturated rings. The SMILES string of the molecule is COC(=O)N/N=C\c1ccc(-c2ccc(F)cc2)o1. The van der Waals surface area contributed by atoms with Gasteiger partial charge in [-0.05, 0) is 36.4 Å². The second-order valence-electron chi connectivity index (χ2n) is 3.57. The van der Waals surface area contributed by atoms with Gasteiger partial charge in [0.05, 0.1) is 13.3 Å². The summed E-state index contributed by atoms with van der Waals surface area (Å²) in [5, 5.41) is 3.63. The molecule has 98 valence electrons. The number of carbonyl (C=O) groups is 1. The highest BCUT2D eigenvalue weighted by Gasteiger charge is 2.03. The van der Waals surface area contributed by atoms with E-state index in [1.807, 2.05) is 0 Å². The molecule has 1 heterocycles. The third-order valence-corrected chi connectivity index (χ3v) is 2.29. The molecule has 19 heavy (non-hydrogen) atoms. The van der Waals surface area contributed by atoms with Crippen molar-refractivity contribution < 1.29 is 18.3 Å². The van der Waals surface area contributed by atoms with E-state index in [1.54, 1.807) is 24.3 Å². The van der Waals surface area contributed by atoms with Crippen LogP contribution < -0.4 is 5.43 Å². The molecule has 0 saturated heterocycles. The second-order valence-corrected chi connectivity index (χ2v) is 3.57. The van der Waals surface area contributed by atoms with Gasteiger partial charge in [0.25, 0.3) is 0 Å². The third-order valence-electron chi connectivity index (χ3n) is 2.29. The molecule has 0 aliphatic rings. The van der Waals surface area contributed by atoms with Gasteiger partial charge in [-0.25, -0.2) is 14.6 Å². The maximum Gasteiger partial charge on any atom is 0.427 e. The summed E-state index contributed by atoms with van der Waals surface area (Å²) >= 11 is 0. The number of amides is 1. The van der Waals surface area contributed by atoms with Crippen molar-refractivity contribution in [3.8, 4) is 11.3 Å². The quantitative estimate of drug-likeness (QED) is 0.683. The van der Waals surface area contributed by atoms with E-state index < -0.39 is 6.09 Å². The highest BCUT2D eigenvalue weighted by atomic mass is 19.1. The highest BCUT2D eigenvalue weighted by molar-refractivity contribution is 5.78. The number of hydrazone groups is 1. The Hall–Kier alpha value is -2.63. The topological polar surface area (TPSA) is 63.8 Å². The van der Waals surface area contributed by atoms with Crippen molar-refractivity contribution in [3.63, 3.8) is 0 Å². The molecule has 0 spiro atoms. The minimum Gasteiger partial charge on any atom is -0.455 e. The number of halogens is 1. The fourth-order valence-electron chi connectivity index (χ4n) is 1.39. The van der Waals surface area contributed by atoms with Gasteiger partial charge in [0.1, 0.15) is 17.3 Å². The average molecular weight is 262 g/mol. The zero-order chi connectivity index (χ0) is 13.7. The zero-order valence-corrected chi connectivity index (χ0v) is 10.1. The van der Waals surface area contributed by atoms with Crippen molar-refractivity contribution in [2.24, 2.45) is 5.10 Å². The Morgan fingerprint density at radius 2 is 2.05 bits per heavy atom. The minimum atomic E-state index is -0.665. The van der Waals surface area contributed by atoms with Crippen LogP contribution in [0.1, 0.15) is 5.76 Å². The molecule has 5 nitrogen and oxygen atoms in total. The Balaban J connectivity index is 2.06. The minimum absolute atomic E-state index is 0.306. The number of carbonyl (C=O) groups excluding carboxylic acids is 1. The lowest BCUT2D eigenvalue weighted by atomic mass is 10.2. The molecule has 0 bridgehead atoms. The lowest BCUT2D eigenvalue weighted by Gasteiger charge is -1.96. The number of hydrogen-bond acceptors (Lipinski definition) is 4. The molecule has 0 saturated carbocycles. The fraction of sp³-hybridized carbons (Fsp3) is 0.0769. The number of nitrogens with one attached hydrogen (secondary N) is 1. The van der Waals surface area contributed by atoms with Crippen LogP contribution in [0.4, 0.5) is 9.18 Å². The van der Waals surface area contributed by atoms with E-state index in [2.05, 4.69) is 15.3 Å². The average Bonchev–Trinajstić information content (AvgIpc) is 2.88. The van der Waals surface area contributed by atoms with Crippen LogP contribution in [0.25, 0.3) is 11.3 Å². The zero-order valence-electron chi connectivity index (χ0n) is 10.1. The molecule has 2 rings (SSSR count). The predicted octanol–water partition coefficient (Wildman–Crippen LogP) is 2.78. The van der Waals surface area contributed by atoms with E-state index in [-0.39, 0.29) is 5.82 Å². The summed E-state index contributed by atoms with van der Waals surface area (Å²) in [4.78, 5) is 10.7. The first-order valence-corrected chi connectivity index (χ1v) is 5.42. The summed E-state index contributed by atoms with van der Waals surface area (Å²) in [7, 11) is 1.24. The maximum absolute atomic E-state index is 12.8. The van der Waals surface area contributed by atoms with Crippen LogP contribution in [-0.4, -0.2) is 19.4 Å². The van der Waals surface area contributed by atoms with Crippen molar-refractivity contribution in [1.82, 2.24) is 5.43 Å². The summed E-state index contributed by atoms with van der Waals surface area (Å²) in [6.07, 6.45) is 0.672. The molecule has 0 atom stereocenters. The van der Waals surface area contributed by atoms with Crippen LogP contribution >= 0.6 is 0 Å². The van der Waals surface area contributed by atoms with Crippen LogP contribution in [0, 0.1) is 5.82 Å². The highest BCUT2D eigenvalue weighted by Crippen LogP contribution is 2.21. The van der Waals surface area contributed by atoms with E-state index in [9.17, 15) is 9.18 Å². The van der Waals surface area contributed by atoms with Crippen molar-refractivity contribution in [1.29, 1.82) is 0 Å².